The van der Waals surface area contributed by atoms with E-state index in [4.69, 9.17) is 5.73 Å². The van der Waals surface area contributed by atoms with E-state index in [1.807, 2.05) is 6.08 Å². The predicted molar refractivity (Wildman–Crippen MR) is 83.0 cm³/mol. The first-order valence-electron chi connectivity index (χ1n) is 6.93. The molecule has 2 atom stereocenters. The van der Waals surface area contributed by atoms with Crippen molar-refractivity contribution in [3.05, 3.63) is 84.1 Å². The third-order valence-electron chi connectivity index (χ3n) is 4.11. The molecule has 0 aromatic heterocycles. The number of hydrogen-bond acceptors (Lipinski definition) is 2. The second-order valence-corrected chi connectivity index (χ2v) is 5.31. The summed E-state index contributed by atoms with van der Waals surface area (Å²) in [5.41, 5.74) is 10.7. The zero-order valence-corrected chi connectivity index (χ0v) is 11.1. The molecule has 20 heavy (non-hydrogen) atoms. The molecular weight excluding hydrogens is 244 g/mol. The fourth-order valence-corrected chi connectivity index (χ4v) is 3.26. The first kappa shape index (κ1) is 11.4. The van der Waals surface area contributed by atoms with Crippen LogP contribution in [0.4, 0.5) is 11.4 Å². The Kier molecular flexibility index (Phi) is 2.43. The molecule has 0 radical (unpaired) electrons. The number of hydrogen-bond donors (Lipinski definition) is 1. The second kappa shape index (κ2) is 4.27. The van der Waals surface area contributed by atoms with Crippen molar-refractivity contribution in [2.24, 2.45) is 5.73 Å². The van der Waals surface area contributed by atoms with Gasteiger partial charge >= 0.3 is 0 Å². The molecule has 2 aromatic rings. The summed E-state index contributed by atoms with van der Waals surface area (Å²) in [5, 5.41) is 0. The summed E-state index contributed by atoms with van der Waals surface area (Å²) < 4.78 is 0. The normalized spacial score (nSPS) is 23.2. The van der Waals surface area contributed by atoms with Crippen LogP contribution in [0.3, 0.4) is 0 Å². The van der Waals surface area contributed by atoms with Crippen LogP contribution in [0.2, 0.25) is 0 Å². The van der Waals surface area contributed by atoms with E-state index < -0.39 is 0 Å². The molecule has 2 aliphatic rings. The standard InChI is InChI=1S/C18H16N2/c19-13-10-11-18-16(12-13)15-8-4-5-9-17(15)20(18)14-6-2-1-3-7-14/h1-12,16,18H,19H2. The highest BCUT2D eigenvalue weighted by atomic mass is 15.2. The minimum absolute atomic E-state index is 0.321. The smallest absolute Gasteiger partial charge is 0.0631 e. The second-order valence-electron chi connectivity index (χ2n) is 5.31. The molecule has 4 rings (SSSR count). The highest BCUT2D eigenvalue weighted by Gasteiger charge is 2.37. The molecule has 0 amide bonds. The maximum Gasteiger partial charge on any atom is 0.0631 e. The van der Waals surface area contributed by atoms with Crippen molar-refractivity contribution >= 4 is 11.4 Å². The third kappa shape index (κ3) is 1.58. The Balaban J connectivity index is 1.90. The molecule has 98 valence electrons. The van der Waals surface area contributed by atoms with Crippen LogP contribution in [0.1, 0.15) is 11.5 Å². The van der Waals surface area contributed by atoms with Crippen LogP contribution in [0.15, 0.2) is 78.5 Å². The molecular formula is C18H16N2. The van der Waals surface area contributed by atoms with E-state index in [-0.39, 0.29) is 0 Å². The van der Waals surface area contributed by atoms with Crippen molar-refractivity contribution in [3.8, 4) is 0 Å². The van der Waals surface area contributed by atoms with Crippen LogP contribution < -0.4 is 10.6 Å². The molecule has 0 saturated heterocycles. The molecule has 1 heterocycles. The molecule has 1 aliphatic heterocycles. The number of benzene rings is 2. The zero-order valence-electron chi connectivity index (χ0n) is 11.1. The summed E-state index contributed by atoms with van der Waals surface area (Å²) in [6, 6.07) is 19.5. The van der Waals surface area contributed by atoms with Crippen LogP contribution in [0.25, 0.3) is 0 Å². The Morgan fingerprint density at radius 3 is 2.50 bits per heavy atom. The van der Waals surface area contributed by atoms with Crippen LogP contribution in [0.5, 0.6) is 0 Å². The molecule has 0 saturated carbocycles. The summed E-state index contributed by atoms with van der Waals surface area (Å²) >= 11 is 0. The molecule has 1 aliphatic carbocycles. The maximum absolute atomic E-state index is 5.99. The molecule has 2 unspecified atom stereocenters. The predicted octanol–water partition coefficient (Wildman–Crippen LogP) is 3.70. The molecule has 0 spiro atoms. The van der Waals surface area contributed by atoms with Gasteiger partial charge in [0.05, 0.1) is 6.04 Å². The molecule has 2 heteroatoms. The van der Waals surface area contributed by atoms with Crippen LogP contribution >= 0.6 is 0 Å². The van der Waals surface area contributed by atoms with E-state index in [9.17, 15) is 0 Å². The topological polar surface area (TPSA) is 29.3 Å². The number of fused-ring (bicyclic) bond motifs is 3. The van der Waals surface area contributed by atoms with Gasteiger partial charge in [-0.3, -0.25) is 0 Å². The summed E-state index contributed by atoms with van der Waals surface area (Å²) in [6.45, 7) is 0. The number of rotatable bonds is 1. The lowest BCUT2D eigenvalue weighted by molar-refractivity contribution is 0.737. The highest BCUT2D eigenvalue weighted by molar-refractivity contribution is 5.75. The number of nitrogens with two attached hydrogens (primary N) is 1. The fourth-order valence-electron chi connectivity index (χ4n) is 3.26. The van der Waals surface area contributed by atoms with Gasteiger partial charge in [-0.05, 0) is 29.8 Å². The number of para-hydroxylation sites is 2. The third-order valence-corrected chi connectivity index (χ3v) is 4.11. The van der Waals surface area contributed by atoms with E-state index in [1.54, 1.807) is 0 Å². The average molecular weight is 260 g/mol. The van der Waals surface area contributed by atoms with Gasteiger partial charge < -0.3 is 10.6 Å². The summed E-state index contributed by atoms with van der Waals surface area (Å²) in [6.07, 6.45) is 6.41. The quantitative estimate of drug-likeness (QED) is 0.847. The lowest BCUT2D eigenvalue weighted by Crippen LogP contribution is -2.29. The average Bonchev–Trinajstić information content (AvgIpc) is 2.82. The van der Waals surface area contributed by atoms with E-state index in [2.05, 4.69) is 71.6 Å². The largest absolute Gasteiger partial charge is 0.399 e. The van der Waals surface area contributed by atoms with E-state index in [0.717, 1.165) is 5.70 Å². The van der Waals surface area contributed by atoms with Gasteiger partial charge in [0.15, 0.2) is 0 Å². The van der Waals surface area contributed by atoms with Crippen molar-refractivity contribution < 1.29 is 0 Å². The minimum Gasteiger partial charge on any atom is -0.399 e. The Hall–Kier alpha value is -2.48. The van der Waals surface area contributed by atoms with Gasteiger partial charge in [-0.2, -0.15) is 0 Å². The fraction of sp³-hybridized carbons (Fsp3) is 0.111. The zero-order chi connectivity index (χ0) is 13.5. The first-order chi connectivity index (χ1) is 9.84. The van der Waals surface area contributed by atoms with Gasteiger partial charge in [0.25, 0.3) is 0 Å². The molecule has 0 bridgehead atoms. The summed E-state index contributed by atoms with van der Waals surface area (Å²) in [4.78, 5) is 2.40. The Morgan fingerprint density at radius 1 is 0.900 bits per heavy atom. The minimum atomic E-state index is 0.321. The monoisotopic (exact) mass is 260 g/mol. The van der Waals surface area contributed by atoms with Crippen molar-refractivity contribution in [1.29, 1.82) is 0 Å². The maximum atomic E-state index is 5.99. The Bertz CT molecular complexity index is 700. The van der Waals surface area contributed by atoms with Crippen molar-refractivity contribution in [2.45, 2.75) is 12.0 Å². The van der Waals surface area contributed by atoms with Crippen LogP contribution in [0, 0.1) is 0 Å². The van der Waals surface area contributed by atoms with Gasteiger partial charge in [0.1, 0.15) is 0 Å². The van der Waals surface area contributed by atoms with Crippen molar-refractivity contribution in [2.75, 3.05) is 4.90 Å². The highest BCUT2D eigenvalue weighted by Crippen LogP contribution is 2.47. The van der Waals surface area contributed by atoms with Gasteiger partial charge in [-0.1, -0.05) is 48.6 Å². The molecule has 2 N–H and O–H groups in total. The molecule has 2 nitrogen and oxygen atoms in total. The summed E-state index contributed by atoms with van der Waals surface area (Å²) in [7, 11) is 0. The van der Waals surface area contributed by atoms with Gasteiger partial charge in [-0.25, -0.2) is 0 Å². The summed E-state index contributed by atoms with van der Waals surface area (Å²) in [5.74, 6) is 0.344. The Morgan fingerprint density at radius 2 is 1.65 bits per heavy atom. The number of nitrogens with zero attached hydrogens (tertiary/aromatic N) is 1. The lowest BCUT2D eigenvalue weighted by Gasteiger charge is -2.29. The van der Waals surface area contributed by atoms with E-state index in [0.29, 0.717) is 12.0 Å². The van der Waals surface area contributed by atoms with Gasteiger partial charge in [-0.15, -0.1) is 0 Å². The molecule has 2 aromatic carbocycles. The van der Waals surface area contributed by atoms with Crippen molar-refractivity contribution in [1.82, 2.24) is 0 Å². The SMILES string of the molecule is NC1=CC2c3ccccc3N(c3ccccc3)C2C=C1. The van der Waals surface area contributed by atoms with Gasteiger partial charge in [0.2, 0.25) is 0 Å². The Labute approximate surface area is 118 Å². The van der Waals surface area contributed by atoms with E-state index in [1.165, 1.54) is 16.9 Å². The molecule has 0 fully saturated rings. The lowest BCUT2D eigenvalue weighted by atomic mass is 9.90. The van der Waals surface area contributed by atoms with Crippen LogP contribution in [-0.4, -0.2) is 6.04 Å². The van der Waals surface area contributed by atoms with Crippen molar-refractivity contribution in [3.63, 3.8) is 0 Å². The number of allylic oxidation sites excluding steroid dienone is 1. The van der Waals surface area contributed by atoms with Crippen LogP contribution in [-0.2, 0) is 0 Å². The first-order valence-corrected chi connectivity index (χ1v) is 6.93. The van der Waals surface area contributed by atoms with E-state index >= 15 is 0 Å². The number of anilines is 2. The van der Waals surface area contributed by atoms with Gasteiger partial charge in [0, 0.05) is 23.0 Å².